The molecule has 4 nitrogen and oxygen atoms in total. The van der Waals surface area contributed by atoms with Gasteiger partial charge >= 0.3 is 5.97 Å². The maximum Gasteiger partial charge on any atom is 0.332 e. The first-order chi connectivity index (χ1) is 5.15. The smallest absolute Gasteiger partial charge is 0.332 e. The molecular formula is C7H13NO3. The first-order valence-corrected chi connectivity index (χ1v) is 3.78. The number of hydrogen-bond donors (Lipinski definition) is 2. The number of carboxylic acids is 1. The van der Waals surface area contributed by atoms with Gasteiger partial charge in [0.25, 0.3) is 0 Å². The van der Waals surface area contributed by atoms with Gasteiger partial charge in [-0.2, -0.15) is 0 Å². The van der Waals surface area contributed by atoms with Gasteiger partial charge in [-0.15, -0.1) is 0 Å². The van der Waals surface area contributed by atoms with E-state index in [4.69, 9.17) is 10.2 Å². The average molecular weight is 159 g/mol. The zero-order valence-corrected chi connectivity index (χ0v) is 6.53. The summed E-state index contributed by atoms with van der Waals surface area (Å²) in [5.74, 6) is -1.17. The van der Waals surface area contributed by atoms with E-state index in [1.807, 2.05) is 6.92 Å². The molecule has 0 saturated carbocycles. The maximum atomic E-state index is 10.3. The van der Waals surface area contributed by atoms with Crippen LogP contribution in [0.25, 0.3) is 0 Å². The van der Waals surface area contributed by atoms with Gasteiger partial charge in [-0.1, -0.05) is 6.92 Å². The van der Waals surface area contributed by atoms with Crippen LogP contribution in [0.15, 0.2) is 0 Å². The summed E-state index contributed by atoms with van der Waals surface area (Å²) < 4.78 is 0. The third-order valence-corrected chi connectivity index (χ3v) is 2.13. The highest BCUT2D eigenvalue weighted by Crippen LogP contribution is 2.18. The van der Waals surface area contributed by atoms with Crippen LogP contribution in [0.3, 0.4) is 0 Å². The van der Waals surface area contributed by atoms with E-state index in [0.29, 0.717) is 13.1 Å². The molecule has 1 heterocycles. The van der Waals surface area contributed by atoms with E-state index >= 15 is 0 Å². The van der Waals surface area contributed by atoms with E-state index in [9.17, 15) is 4.79 Å². The summed E-state index contributed by atoms with van der Waals surface area (Å²) in [6.45, 7) is 4.38. The number of aliphatic carboxylic acids is 1. The summed E-state index contributed by atoms with van der Waals surface area (Å²) in [5.41, 5.74) is 0. The molecule has 1 rings (SSSR count). The van der Waals surface area contributed by atoms with Crippen molar-refractivity contribution in [3.8, 4) is 0 Å². The fraction of sp³-hybridized carbons (Fsp3) is 0.857. The number of nitrogens with zero attached hydrogens (tertiary/aromatic N) is 1. The first-order valence-electron chi connectivity index (χ1n) is 3.78. The van der Waals surface area contributed by atoms with Crippen LogP contribution in [-0.2, 0) is 4.79 Å². The Hall–Kier alpha value is -0.610. The van der Waals surface area contributed by atoms with Crippen LogP contribution in [0.2, 0.25) is 0 Å². The highest BCUT2D eigenvalue weighted by molar-refractivity contribution is 5.72. The maximum absolute atomic E-state index is 10.3. The van der Waals surface area contributed by atoms with Crippen molar-refractivity contribution in [3.63, 3.8) is 0 Å². The normalized spacial score (nSPS) is 22.7. The van der Waals surface area contributed by atoms with Crippen LogP contribution < -0.4 is 0 Å². The first kappa shape index (κ1) is 8.49. The van der Waals surface area contributed by atoms with Crippen molar-refractivity contribution in [2.24, 2.45) is 5.92 Å². The third-order valence-electron chi connectivity index (χ3n) is 2.13. The molecule has 0 spiro atoms. The van der Waals surface area contributed by atoms with Crippen molar-refractivity contribution in [2.45, 2.75) is 13.0 Å². The van der Waals surface area contributed by atoms with Gasteiger partial charge in [-0.3, -0.25) is 0 Å². The van der Waals surface area contributed by atoms with Gasteiger partial charge in [-0.25, -0.2) is 4.79 Å². The molecular weight excluding hydrogens is 146 g/mol. The molecule has 1 aliphatic rings. The molecule has 2 N–H and O–H groups in total. The molecule has 0 bridgehead atoms. The van der Waals surface area contributed by atoms with Gasteiger partial charge in [0.2, 0.25) is 0 Å². The zero-order chi connectivity index (χ0) is 8.43. The van der Waals surface area contributed by atoms with Gasteiger partial charge in [0.1, 0.15) is 0 Å². The molecule has 4 heteroatoms. The van der Waals surface area contributed by atoms with Gasteiger partial charge in [0.05, 0.1) is 0 Å². The lowest BCUT2D eigenvalue weighted by molar-refractivity contribution is -0.153. The lowest BCUT2D eigenvalue weighted by Gasteiger charge is -2.39. The highest BCUT2D eigenvalue weighted by Gasteiger charge is 2.35. The Labute approximate surface area is 65.4 Å². The van der Waals surface area contributed by atoms with Crippen LogP contribution in [0.4, 0.5) is 0 Å². The second-order valence-electron chi connectivity index (χ2n) is 2.90. The van der Waals surface area contributed by atoms with Crippen LogP contribution in [0, 0.1) is 5.92 Å². The zero-order valence-electron chi connectivity index (χ0n) is 6.53. The highest BCUT2D eigenvalue weighted by atomic mass is 16.4. The molecule has 0 aliphatic carbocycles. The minimum Gasteiger partial charge on any atom is -0.479 e. The third kappa shape index (κ3) is 1.70. The predicted molar refractivity (Wildman–Crippen MR) is 39.2 cm³/mol. The minimum atomic E-state index is -1.17. The van der Waals surface area contributed by atoms with E-state index in [1.165, 1.54) is 0 Å². The average Bonchev–Trinajstić information content (AvgIpc) is 1.85. The molecule has 0 aromatic heterocycles. The SMILES string of the molecule is CCN1CC(C(O)C(=O)O)C1. The lowest BCUT2D eigenvalue weighted by atomic mass is 9.94. The number of rotatable bonds is 3. The number of hydrogen-bond acceptors (Lipinski definition) is 3. The Balaban J connectivity index is 2.26. The topological polar surface area (TPSA) is 60.8 Å². The number of aliphatic hydroxyl groups is 1. The Bertz CT molecular complexity index is 154. The van der Waals surface area contributed by atoms with Crippen molar-refractivity contribution in [1.82, 2.24) is 4.90 Å². The van der Waals surface area contributed by atoms with Crippen molar-refractivity contribution in [3.05, 3.63) is 0 Å². The summed E-state index contributed by atoms with van der Waals surface area (Å²) in [6.07, 6.45) is -1.17. The molecule has 1 fully saturated rings. The Morgan fingerprint density at radius 3 is 2.64 bits per heavy atom. The molecule has 1 unspecified atom stereocenters. The van der Waals surface area contributed by atoms with Gasteiger partial charge in [0.15, 0.2) is 6.10 Å². The quantitative estimate of drug-likeness (QED) is 0.576. The standard InChI is InChI=1S/C7H13NO3/c1-2-8-3-5(4-8)6(9)7(10)11/h5-6,9H,2-4H2,1H3,(H,10,11). The number of carbonyl (C=O) groups is 1. The van der Waals surface area contributed by atoms with Gasteiger partial charge in [-0.05, 0) is 6.54 Å². The summed E-state index contributed by atoms with van der Waals surface area (Å²) in [6, 6.07) is 0. The largest absolute Gasteiger partial charge is 0.479 e. The molecule has 1 atom stereocenters. The van der Waals surface area contributed by atoms with Crippen molar-refractivity contribution >= 4 is 5.97 Å². The molecule has 0 aromatic rings. The van der Waals surface area contributed by atoms with Crippen LogP contribution in [-0.4, -0.2) is 46.8 Å². The number of likely N-dealkylation sites (tertiary alicyclic amines) is 1. The Kier molecular flexibility index (Phi) is 2.46. The van der Waals surface area contributed by atoms with Gasteiger partial charge < -0.3 is 15.1 Å². The fourth-order valence-electron chi connectivity index (χ4n) is 1.27. The summed E-state index contributed by atoms with van der Waals surface area (Å²) in [4.78, 5) is 12.4. The lowest BCUT2D eigenvalue weighted by Crippen LogP contribution is -2.53. The molecule has 0 amide bonds. The summed E-state index contributed by atoms with van der Waals surface area (Å²) in [5, 5.41) is 17.4. The van der Waals surface area contributed by atoms with E-state index in [2.05, 4.69) is 4.90 Å². The molecule has 1 saturated heterocycles. The van der Waals surface area contributed by atoms with E-state index in [1.54, 1.807) is 0 Å². The van der Waals surface area contributed by atoms with Gasteiger partial charge in [0, 0.05) is 19.0 Å². The van der Waals surface area contributed by atoms with Crippen LogP contribution >= 0.6 is 0 Å². The fourth-order valence-corrected chi connectivity index (χ4v) is 1.27. The summed E-state index contributed by atoms with van der Waals surface area (Å²) >= 11 is 0. The van der Waals surface area contributed by atoms with Crippen molar-refractivity contribution < 1.29 is 15.0 Å². The van der Waals surface area contributed by atoms with Crippen LogP contribution in [0.1, 0.15) is 6.92 Å². The molecule has 64 valence electrons. The second kappa shape index (κ2) is 3.19. The predicted octanol–water partition coefficient (Wildman–Crippen LogP) is -0.616. The minimum absolute atomic E-state index is 0.0625. The summed E-state index contributed by atoms with van der Waals surface area (Å²) in [7, 11) is 0. The van der Waals surface area contributed by atoms with Crippen molar-refractivity contribution in [1.29, 1.82) is 0 Å². The Morgan fingerprint density at radius 2 is 2.27 bits per heavy atom. The van der Waals surface area contributed by atoms with E-state index < -0.39 is 12.1 Å². The van der Waals surface area contributed by atoms with E-state index in [0.717, 1.165) is 6.54 Å². The molecule has 11 heavy (non-hydrogen) atoms. The molecule has 1 aliphatic heterocycles. The molecule has 0 radical (unpaired) electrons. The van der Waals surface area contributed by atoms with E-state index in [-0.39, 0.29) is 5.92 Å². The second-order valence-corrected chi connectivity index (χ2v) is 2.90. The Morgan fingerprint density at radius 1 is 1.73 bits per heavy atom. The van der Waals surface area contributed by atoms with Crippen molar-refractivity contribution in [2.75, 3.05) is 19.6 Å². The monoisotopic (exact) mass is 159 g/mol. The van der Waals surface area contributed by atoms with Crippen LogP contribution in [0.5, 0.6) is 0 Å². The number of aliphatic hydroxyl groups excluding tert-OH is 1. The number of carboxylic acid groups (broad SMARTS) is 1. The molecule has 0 aromatic carbocycles.